The van der Waals surface area contributed by atoms with Crippen LogP contribution in [-0.4, -0.2) is 24.9 Å². The minimum atomic E-state index is -0.524. The summed E-state index contributed by atoms with van der Waals surface area (Å²) >= 11 is 5.92. The van der Waals surface area contributed by atoms with E-state index < -0.39 is 5.97 Å². The SMILES string of the molecule is Cc1cc(C)c(C(=O)COC(=O)c2ccccc2NCCc2ccc(Cl)cc2)cc1C. The number of ether oxygens (including phenoxy) is 1. The third-order valence-corrected chi connectivity index (χ3v) is 5.52. The van der Waals surface area contributed by atoms with Gasteiger partial charge in [-0.15, -0.1) is 0 Å². The van der Waals surface area contributed by atoms with Crippen LogP contribution in [0, 0.1) is 20.8 Å². The highest BCUT2D eigenvalue weighted by molar-refractivity contribution is 6.30. The molecule has 1 N–H and O–H groups in total. The summed E-state index contributed by atoms with van der Waals surface area (Å²) in [6, 6.07) is 18.6. The molecule has 5 heteroatoms. The molecule has 3 aromatic rings. The third kappa shape index (κ3) is 5.96. The average Bonchev–Trinajstić information content (AvgIpc) is 2.76. The van der Waals surface area contributed by atoms with Gasteiger partial charge in [0.1, 0.15) is 0 Å². The van der Waals surface area contributed by atoms with E-state index in [9.17, 15) is 9.59 Å². The summed E-state index contributed by atoms with van der Waals surface area (Å²) in [5.41, 5.74) is 5.87. The van der Waals surface area contributed by atoms with E-state index in [1.54, 1.807) is 12.1 Å². The molecule has 0 saturated heterocycles. The summed E-state index contributed by atoms with van der Waals surface area (Å²) in [4.78, 5) is 25.2. The Kier molecular flexibility index (Phi) is 7.48. The Hall–Kier alpha value is -3.11. The molecule has 31 heavy (non-hydrogen) atoms. The first-order valence-electron chi connectivity index (χ1n) is 10.2. The van der Waals surface area contributed by atoms with E-state index in [2.05, 4.69) is 5.32 Å². The number of anilines is 1. The van der Waals surface area contributed by atoms with Crippen LogP contribution in [0.2, 0.25) is 5.02 Å². The van der Waals surface area contributed by atoms with Gasteiger partial charge in [0.05, 0.1) is 5.56 Å². The largest absolute Gasteiger partial charge is 0.454 e. The highest BCUT2D eigenvalue weighted by atomic mass is 35.5. The summed E-state index contributed by atoms with van der Waals surface area (Å²) in [6.07, 6.45) is 0.783. The maximum absolute atomic E-state index is 12.6. The van der Waals surface area contributed by atoms with Crippen LogP contribution in [0.3, 0.4) is 0 Å². The molecule has 0 aliphatic heterocycles. The lowest BCUT2D eigenvalue weighted by Gasteiger charge is -2.13. The fraction of sp³-hybridized carbons (Fsp3) is 0.231. The van der Waals surface area contributed by atoms with Crippen molar-refractivity contribution in [3.05, 3.63) is 99.1 Å². The zero-order chi connectivity index (χ0) is 22.4. The normalized spacial score (nSPS) is 10.6. The Balaban J connectivity index is 1.61. The van der Waals surface area contributed by atoms with Crippen molar-refractivity contribution in [1.29, 1.82) is 0 Å². The number of Topliss-reactive ketones (excluding diaryl/α,β-unsaturated/α-hetero) is 1. The molecular formula is C26H26ClNO3. The van der Waals surface area contributed by atoms with Gasteiger partial charge >= 0.3 is 5.97 Å². The molecule has 3 rings (SSSR count). The number of benzene rings is 3. The van der Waals surface area contributed by atoms with Crippen LogP contribution < -0.4 is 5.32 Å². The van der Waals surface area contributed by atoms with Crippen molar-refractivity contribution in [2.24, 2.45) is 0 Å². The number of halogens is 1. The van der Waals surface area contributed by atoms with Gasteiger partial charge in [0.2, 0.25) is 5.78 Å². The van der Waals surface area contributed by atoms with Crippen molar-refractivity contribution in [2.75, 3.05) is 18.5 Å². The fourth-order valence-electron chi connectivity index (χ4n) is 3.36. The molecule has 0 fully saturated rings. The summed E-state index contributed by atoms with van der Waals surface area (Å²) < 4.78 is 5.34. The number of hydrogen-bond acceptors (Lipinski definition) is 4. The van der Waals surface area contributed by atoms with E-state index >= 15 is 0 Å². The number of esters is 1. The molecule has 4 nitrogen and oxygen atoms in total. The van der Waals surface area contributed by atoms with Crippen molar-refractivity contribution in [2.45, 2.75) is 27.2 Å². The van der Waals surface area contributed by atoms with Gasteiger partial charge in [-0.1, -0.05) is 41.9 Å². The molecule has 0 aliphatic rings. The summed E-state index contributed by atoms with van der Waals surface area (Å²) in [5, 5.41) is 3.98. The zero-order valence-corrected chi connectivity index (χ0v) is 18.8. The number of rotatable bonds is 8. The van der Waals surface area contributed by atoms with E-state index in [1.807, 2.05) is 69.3 Å². The molecule has 0 atom stereocenters. The Morgan fingerprint density at radius 3 is 2.29 bits per heavy atom. The molecule has 0 radical (unpaired) electrons. The minimum Gasteiger partial charge on any atom is -0.454 e. The van der Waals surface area contributed by atoms with Crippen LogP contribution >= 0.6 is 11.6 Å². The van der Waals surface area contributed by atoms with Crippen molar-refractivity contribution in [1.82, 2.24) is 0 Å². The van der Waals surface area contributed by atoms with Crippen LogP contribution in [0.15, 0.2) is 60.7 Å². The van der Waals surface area contributed by atoms with Gasteiger partial charge < -0.3 is 10.1 Å². The smallest absolute Gasteiger partial charge is 0.340 e. The number of ketones is 1. The van der Waals surface area contributed by atoms with E-state index in [-0.39, 0.29) is 12.4 Å². The lowest BCUT2D eigenvalue weighted by atomic mass is 9.98. The number of hydrogen-bond donors (Lipinski definition) is 1. The Bertz CT molecular complexity index is 1090. The van der Waals surface area contributed by atoms with E-state index in [4.69, 9.17) is 16.3 Å². The molecular weight excluding hydrogens is 410 g/mol. The van der Waals surface area contributed by atoms with E-state index in [1.165, 1.54) is 0 Å². The molecule has 0 spiro atoms. The quantitative estimate of drug-likeness (QED) is 0.350. The van der Waals surface area contributed by atoms with Crippen LogP contribution in [0.4, 0.5) is 5.69 Å². The molecule has 0 aromatic heterocycles. The Morgan fingerprint density at radius 1 is 0.871 bits per heavy atom. The number of para-hydroxylation sites is 1. The summed E-state index contributed by atoms with van der Waals surface area (Å²) in [7, 11) is 0. The highest BCUT2D eigenvalue weighted by Gasteiger charge is 2.16. The standard InChI is InChI=1S/C26H26ClNO3/c1-17-14-19(3)23(15-18(17)2)25(29)16-31-26(30)22-6-4-5-7-24(22)28-13-12-20-8-10-21(27)11-9-20/h4-11,14-15,28H,12-13,16H2,1-3H3. The first kappa shape index (κ1) is 22.6. The predicted molar refractivity (Wildman–Crippen MR) is 125 cm³/mol. The second-order valence-corrected chi connectivity index (χ2v) is 8.04. The van der Waals surface area contributed by atoms with Crippen molar-refractivity contribution >= 4 is 29.0 Å². The first-order chi connectivity index (χ1) is 14.8. The molecule has 0 aliphatic carbocycles. The highest BCUT2D eigenvalue weighted by Crippen LogP contribution is 2.19. The second kappa shape index (κ2) is 10.3. The van der Waals surface area contributed by atoms with Crippen LogP contribution in [0.1, 0.15) is 43.0 Å². The fourth-order valence-corrected chi connectivity index (χ4v) is 3.48. The molecule has 0 unspecified atom stereocenters. The van der Waals surface area contributed by atoms with Crippen LogP contribution in [0.5, 0.6) is 0 Å². The predicted octanol–water partition coefficient (Wildman–Crippen LogP) is 5.96. The van der Waals surface area contributed by atoms with Gasteiger partial charge in [-0.25, -0.2) is 4.79 Å². The lowest BCUT2D eigenvalue weighted by Crippen LogP contribution is -2.17. The molecule has 0 saturated carbocycles. The number of nitrogens with one attached hydrogen (secondary N) is 1. The van der Waals surface area contributed by atoms with Crippen molar-refractivity contribution in [3.8, 4) is 0 Å². The van der Waals surface area contributed by atoms with E-state index in [0.717, 1.165) is 28.7 Å². The summed E-state index contributed by atoms with van der Waals surface area (Å²) in [5.74, 6) is -0.730. The van der Waals surface area contributed by atoms with Crippen molar-refractivity contribution in [3.63, 3.8) is 0 Å². The minimum absolute atomic E-state index is 0.206. The van der Waals surface area contributed by atoms with Crippen molar-refractivity contribution < 1.29 is 14.3 Å². The molecule has 3 aromatic carbocycles. The Labute approximate surface area is 188 Å². The first-order valence-corrected chi connectivity index (χ1v) is 10.6. The number of carbonyl (C=O) groups is 2. The third-order valence-electron chi connectivity index (χ3n) is 5.26. The van der Waals surface area contributed by atoms with Gasteiger partial charge in [-0.2, -0.15) is 0 Å². The van der Waals surface area contributed by atoms with Gasteiger partial charge in [0.15, 0.2) is 6.61 Å². The summed E-state index contributed by atoms with van der Waals surface area (Å²) in [6.45, 7) is 6.21. The number of aryl methyl sites for hydroxylation is 3. The van der Waals surface area contributed by atoms with Crippen LogP contribution in [0.25, 0.3) is 0 Å². The maximum atomic E-state index is 12.6. The zero-order valence-electron chi connectivity index (χ0n) is 18.0. The van der Waals surface area contributed by atoms with E-state index in [0.29, 0.717) is 28.4 Å². The molecule has 0 heterocycles. The van der Waals surface area contributed by atoms with Crippen LogP contribution in [-0.2, 0) is 11.2 Å². The average molecular weight is 436 g/mol. The van der Waals surface area contributed by atoms with Gasteiger partial charge in [0, 0.05) is 22.8 Å². The van der Waals surface area contributed by atoms with Gasteiger partial charge in [0.25, 0.3) is 0 Å². The van der Waals surface area contributed by atoms with Gasteiger partial charge in [-0.05, 0) is 79.8 Å². The topological polar surface area (TPSA) is 55.4 Å². The Morgan fingerprint density at radius 2 is 1.55 bits per heavy atom. The monoisotopic (exact) mass is 435 g/mol. The second-order valence-electron chi connectivity index (χ2n) is 7.60. The molecule has 0 amide bonds. The maximum Gasteiger partial charge on any atom is 0.340 e. The van der Waals surface area contributed by atoms with Gasteiger partial charge in [-0.3, -0.25) is 4.79 Å². The molecule has 0 bridgehead atoms. The molecule has 160 valence electrons. The lowest BCUT2D eigenvalue weighted by molar-refractivity contribution is 0.0475. The number of carbonyl (C=O) groups excluding carboxylic acids is 2.